The van der Waals surface area contributed by atoms with Gasteiger partial charge in [0, 0.05) is 53.6 Å². The molecule has 9 aromatic rings. The van der Waals surface area contributed by atoms with Crippen LogP contribution in [0.4, 0.5) is 11.4 Å². The maximum atomic E-state index is 2.81. The highest BCUT2D eigenvalue weighted by atomic mass is 32.1. The second-order valence-electron chi connectivity index (χ2n) is 17.1. The van der Waals surface area contributed by atoms with Gasteiger partial charge in [0.15, 0.2) is 0 Å². The summed E-state index contributed by atoms with van der Waals surface area (Å²) in [5, 5.41) is 7.97. The lowest BCUT2D eigenvalue weighted by Gasteiger charge is -2.46. The molecule has 4 heterocycles. The molecule has 0 saturated carbocycles. The van der Waals surface area contributed by atoms with Gasteiger partial charge in [-0.1, -0.05) is 119 Å². The zero-order valence-corrected chi connectivity index (χ0v) is 31.7. The van der Waals surface area contributed by atoms with Crippen LogP contribution in [0.15, 0.2) is 121 Å². The van der Waals surface area contributed by atoms with Crippen molar-refractivity contribution in [2.45, 2.75) is 58.3 Å². The minimum absolute atomic E-state index is 0.0154. The first kappa shape index (κ1) is 30.2. The maximum Gasteiger partial charge on any atom is 0.333 e. The van der Waals surface area contributed by atoms with E-state index in [1.807, 2.05) is 11.3 Å². The highest BCUT2D eigenvalue weighted by Gasteiger charge is 2.47. The van der Waals surface area contributed by atoms with E-state index < -0.39 is 0 Å². The Morgan fingerprint density at radius 3 is 2.25 bits per heavy atom. The third-order valence-electron chi connectivity index (χ3n) is 13.4. The van der Waals surface area contributed by atoms with Gasteiger partial charge in [0.2, 0.25) is 0 Å². The van der Waals surface area contributed by atoms with Gasteiger partial charge in [-0.3, -0.25) is 0 Å². The third-order valence-corrected chi connectivity index (χ3v) is 14.5. The Labute approximate surface area is 314 Å². The van der Waals surface area contributed by atoms with Gasteiger partial charge in [0.1, 0.15) is 0 Å². The predicted molar refractivity (Wildman–Crippen MR) is 230 cm³/mol. The van der Waals surface area contributed by atoms with Crippen LogP contribution in [0, 0.1) is 6.92 Å². The van der Waals surface area contributed by atoms with Gasteiger partial charge in [0.25, 0.3) is 0 Å². The maximum absolute atomic E-state index is 2.81. The number of fused-ring (bicyclic) bond motifs is 14. The summed E-state index contributed by atoms with van der Waals surface area (Å²) in [5.41, 5.74) is 16.8. The molecule has 7 aromatic carbocycles. The van der Waals surface area contributed by atoms with Crippen LogP contribution < -0.4 is 15.7 Å². The fourth-order valence-electron chi connectivity index (χ4n) is 11.0. The van der Waals surface area contributed by atoms with Crippen molar-refractivity contribution in [1.29, 1.82) is 0 Å². The summed E-state index contributed by atoms with van der Waals surface area (Å²) < 4.78 is 5.28. The minimum atomic E-state index is -0.0154. The number of benzene rings is 7. The highest BCUT2D eigenvalue weighted by molar-refractivity contribution is 7.26. The molecule has 0 saturated heterocycles. The standard InChI is InChI=1S/C49H39BN2S/c1-28-37(23-22-35-44(28)49(4,5)26-25-48(35,2)3)52-47-34(21-24-41-43(47)33-16-9-11-20-40(33)53-41)42-30-14-7-6-13-29(30)27-39-45(42)50(52)36-18-12-17-32-31-15-8-10-19-38(31)51(39)46(32)36/h6-24,27H,25-26H2,1-5H3. The van der Waals surface area contributed by atoms with Crippen molar-refractivity contribution in [1.82, 2.24) is 4.57 Å². The van der Waals surface area contributed by atoms with Crippen LogP contribution in [-0.2, 0) is 10.8 Å². The van der Waals surface area contributed by atoms with E-state index in [-0.39, 0.29) is 17.7 Å². The number of thiophene rings is 1. The Morgan fingerprint density at radius 1 is 0.642 bits per heavy atom. The van der Waals surface area contributed by atoms with E-state index in [0.717, 1.165) is 0 Å². The Balaban J connectivity index is 1.32. The van der Waals surface area contributed by atoms with E-state index in [9.17, 15) is 0 Å². The SMILES string of the molecule is Cc1c(N2B3c4c(cc5ccccc5c4-c4ccc5sc6ccccc6c5c42)-n2c4ccccc4c4cccc3c42)ccc2c1C(C)(C)CCC2(C)C. The van der Waals surface area contributed by atoms with Gasteiger partial charge in [-0.15, -0.1) is 11.3 Å². The van der Waals surface area contributed by atoms with E-state index in [4.69, 9.17) is 0 Å². The number of hydrogen-bond acceptors (Lipinski definition) is 2. The van der Waals surface area contributed by atoms with Crippen LogP contribution in [-0.4, -0.2) is 11.4 Å². The largest absolute Gasteiger partial charge is 0.376 e. The molecule has 1 aliphatic carbocycles. The zero-order valence-electron chi connectivity index (χ0n) is 30.8. The molecular weight excluding hydrogens is 659 g/mol. The van der Waals surface area contributed by atoms with E-state index >= 15 is 0 Å². The van der Waals surface area contributed by atoms with E-state index in [1.165, 1.54) is 116 Å². The molecule has 0 spiro atoms. The number of rotatable bonds is 1. The lowest BCUT2D eigenvalue weighted by atomic mass is 9.43. The smallest absolute Gasteiger partial charge is 0.333 e. The Bertz CT molecular complexity index is 3100. The summed E-state index contributed by atoms with van der Waals surface area (Å²) in [5.74, 6) is 0. The van der Waals surface area contributed by atoms with Crippen LogP contribution in [0.25, 0.3) is 69.6 Å². The second-order valence-corrected chi connectivity index (χ2v) is 18.2. The van der Waals surface area contributed by atoms with E-state index in [1.54, 1.807) is 5.56 Å². The summed E-state index contributed by atoms with van der Waals surface area (Å²) in [6.07, 6.45) is 2.40. The molecule has 0 fully saturated rings. The molecule has 254 valence electrons. The van der Waals surface area contributed by atoms with Crippen LogP contribution in [0.5, 0.6) is 0 Å². The first-order valence-electron chi connectivity index (χ1n) is 19.2. The average molecular weight is 699 g/mol. The number of nitrogens with zero attached hydrogens (tertiary/aromatic N) is 2. The van der Waals surface area contributed by atoms with Gasteiger partial charge in [-0.05, 0) is 105 Å². The number of anilines is 2. The minimum Gasteiger partial charge on any atom is -0.376 e. The molecule has 0 radical (unpaired) electrons. The molecule has 53 heavy (non-hydrogen) atoms. The van der Waals surface area contributed by atoms with Crippen LogP contribution in [0.3, 0.4) is 0 Å². The third kappa shape index (κ3) is 3.70. The summed E-state index contributed by atoms with van der Waals surface area (Å²) in [7, 11) is 0. The molecule has 3 aliphatic rings. The predicted octanol–water partition coefficient (Wildman–Crippen LogP) is 12.2. The van der Waals surface area contributed by atoms with Gasteiger partial charge >= 0.3 is 6.85 Å². The lowest BCUT2D eigenvalue weighted by Crippen LogP contribution is -2.61. The number of hydrogen-bond donors (Lipinski definition) is 0. The van der Waals surface area contributed by atoms with Gasteiger partial charge in [-0.2, -0.15) is 0 Å². The Morgan fingerprint density at radius 2 is 1.38 bits per heavy atom. The number of para-hydroxylation sites is 2. The average Bonchev–Trinajstić information content (AvgIpc) is 3.72. The molecule has 2 nitrogen and oxygen atoms in total. The topological polar surface area (TPSA) is 8.17 Å². The molecule has 0 N–H and O–H groups in total. The molecule has 12 rings (SSSR count). The summed E-state index contributed by atoms with van der Waals surface area (Å²) in [6, 6.07) is 46.6. The normalized spacial score (nSPS) is 16.5. The van der Waals surface area contributed by atoms with Gasteiger partial charge < -0.3 is 9.38 Å². The van der Waals surface area contributed by atoms with Gasteiger partial charge in [0.05, 0.1) is 11.0 Å². The fraction of sp³-hybridized carbons (Fsp3) is 0.184. The van der Waals surface area contributed by atoms with Crippen LogP contribution in [0.2, 0.25) is 0 Å². The lowest BCUT2D eigenvalue weighted by molar-refractivity contribution is 0.330. The first-order valence-corrected chi connectivity index (χ1v) is 20.0. The monoisotopic (exact) mass is 698 g/mol. The van der Waals surface area contributed by atoms with Crippen molar-refractivity contribution in [3.05, 3.63) is 138 Å². The number of aromatic nitrogens is 1. The summed E-state index contributed by atoms with van der Waals surface area (Å²) in [6.45, 7) is 12.3. The molecule has 0 amide bonds. The molecule has 2 aromatic heterocycles. The molecular formula is C49H39BN2S. The van der Waals surface area contributed by atoms with Crippen molar-refractivity contribution in [2.24, 2.45) is 0 Å². The molecule has 4 heteroatoms. The second kappa shape index (κ2) is 10.0. The van der Waals surface area contributed by atoms with Crippen LogP contribution in [0.1, 0.15) is 57.2 Å². The van der Waals surface area contributed by atoms with Crippen molar-refractivity contribution in [3.63, 3.8) is 0 Å². The van der Waals surface area contributed by atoms with Crippen molar-refractivity contribution >= 4 is 93.2 Å². The highest BCUT2D eigenvalue weighted by Crippen LogP contribution is 2.55. The van der Waals surface area contributed by atoms with Crippen molar-refractivity contribution in [3.8, 4) is 16.8 Å². The molecule has 0 unspecified atom stereocenters. The van der Waals surface area contributed by atoms with Crippen molar-refractivity contribution in [2.75, 3.05) is 4.81 Å². The van der Waals surface area contributed by atoms with Crippen molar-refractivity contribution < 1.29 is 0 Å². The Kier molecular flexibility index (Phi) is 5.70. The van der Waals surface area contributed by atoms with E-state index in [0.29, 0.717) is 0 Å². The fourth-order valence-corrected chi connectivity index (χ4v) is 12.1. The zero-order chi connectivity index (χ0) is 35.5. The molecule has 0 bridgehead atoms. The quantitative estimate of drug-likeness (QED) is 0.155. The van der Waals surface area contributed by atoms with Gasteiger partial charge in [-0.25, -0.2) is 0 Å². The van der Waals surface area contributed by atoms with Crippen LogP contribution >= 0.6 is 11.3 Å². The van der Waals surface area contributed by atoms with E-state index in [2.05, 4.69) is 165 Å². The molecule has 2 aliphatic heterocycles. The summed E-state index contributed by atoms with van der Waals surface area (Å²) in [4.78, 5) is 2.81. The molecule has 0 atom stereocenters. The summed E-state index contributed by atoms with van der Waals surface area (Å²) >= 11 is 1.92. The Hall–Kier alpha value is -5.32. The first-order chi connectivity index (χ1) is 25.7.